The van der Waals surface area contributed by atoms with Gasteiger partial charge in [0, 0.05) is 19.6 Å². The second kappa shape index (κ2) is 7.11. The normalized spacial score (nSPS) is 12.9. The first-order valence-corrected chi connectivity index (χ1v) is 5.71. The van der Waals surface area contributed by atoms with E-state index in [2.05, 4.69) is 10.6 Å². The maximum absolute atomic E-state index is 11.2. The van der Waals surface area contributed by atoms with E-state index in [1.807, 2.05) is 20.8 Å². The first-order chi connectivity index (χ1) is 7.76. The van der Waals surface area contributed by atoms with E-state index >= 15 is 0 Å². The van der Waals surface area contributed by atoms with Crippen molar-refractivity contribution in [3.8, 4) is 0 Å². The number of nitrogens with two attached hydrogens (primary N) is 1. The predicted molar refractivity (Wildman–Crippen MR) is 65.7 cm³/mol. The van der Waals surface area contributed by atoms with Crippen LogP contribution in [-0.2, 0) is 4.79 Å². The minimum atomic E-state index is -0.890. The van der Waals surface area contributed by atoms with Crippen LogP contribution < -0.4 is 16.4 Å². The number of amides is 2. The van der Waals surface area contributed by atoms with Crippen LogP contribution in [0.15, 0.2) is 0 Å². The van der Waals surface area contributed by atoms with Crippen LogP contribution in [0.2, 0.25) is 0 Å². The van der Waals surface area contributed by atoms with Gasteiger partial charge in [0.25, 0.3) is 0 Å². The Kier molecular flexibility index (Phi) is 6.57. The fourth-order valence-electron chi connectivity index (χ4n) is 1.45. The highest BCUT2D eigenvalue weighted by atomic mass is 16.4. The maximum atomic E-state index is 11.2. The van der Waals surface area contributed by atoms with Crippen LogP contribution in [0.25, 0.3) is 0 Å². The van der Waals surface area contributed by atoms with Gasteiger partial charge in [-0.25, -0.2) is 4.79 Å². The molecule has 1 unspecified atom stereocenters. The number of nitrogens with one attached hydrogen (secondary N) is 2. The van der Waals surface area contributed by atoms with Crippen LogP contribution in [0.5, 0.6) is 0 Å². The molecular weight excluding hydrogens is 222 g/mol. The average Bonchev–Trinajstić information content (AvgIpc) is 2.19. The highest BCUT2D eigenvalue weighted by Crippen LogP contribution is 2.24. The molecule has 0 bridgehead atoms. The van der Waals surface area contributed by atoms with E-state index in [0.29, 0.717) is 19.5 Å². The molecule has 2 amide bonds. The second-order valence-corrected chi connectivity index (χ2v) is 5.23. The molecule has 6 heteroatoms. The standard InChI is InChI=1S/C11H23N3O3/c1-11(2,3)6-8(9(15)16)7-14-10(17)13-5-4-12/h8H,4-7,12H2,1-3H3,(H,15,16)(H2,13,14,17). The Morgan fingerprint density at radius 2 is 1.88 bits per heavy atom. The summed E-state index contributed by atoms with van der Waals surface area (Å²) in [5.41, 5.74) is 5.14. The summed E-state index contributed by atoms with van der Waals surface area (Å²) in [6.45, 7) is 6.77. The predicted octanol–water partition coefficient (Wildman–Crippen LogP) is 0.381. The first kappa shape index (κ1) is 15.7. The molecule has 6 nitrogen and oxygen atoms in total. The quantitative estimate of drug-likeness (QED) is 0.543. The Morgan fingerprint density at radius 1 is 1.29 bits per heavy atom. The van der Waals surface area contributed by atoms with E-state index in [0.717, 1.165) is 0 Å². The molecule has 100 valence electrons. The average molecular weight is 245 g/mol. The maximum Gasteiger partial charge on any atom is 0.314 e. The molecule has 0 aromatic heterocycles. The minimum Gasteiger partial charge on any atom is -0.481 e. The number of hydrogen-bond donors (Lipinski definition) is 4. The molecule has 5 N–H and O–H groups in total. The number of carboxylic acid groups (broad SMARTS) is 1. The van der Waals surface area contributed by atoms with Gasteiger partial charge in [0.2, 0.25) is 0 Å². The fourth-order valence-corrected chi connectivity index (χ4v) is 1.45. The summed E-state index contributed by atoms with van der Waals surface area (Å²) in [5, 5.41) is 14.1. The number of carboxylic acids is 1. The Bertz CT molecular complexity index is 261. The SMILES string of the molecule is CC(C)(C)CC(CNC(=O)NCCN)C(=O)O. The van der Waals surface area contributed by atoms with Crippen molar-refractivity contribution in [3.05, 3.63) is 0 Å². The lowest BCUT2D eigenvalue weighted by atomic mass is 9.84. The van der Waals surface area contributed by atoms with Crippen molar-refractivity contribution in [1.29, 1.82) is 0 Å². The van der Waals surface area contributed by atoms with Crippen molar-refractivity contribution in [2.75, 3.05) is 19.6 Å². The summed E-state index contributed by atoms with van der Waals surface area (Å²) in [7, 11) is 0. The molecule has 1 atom stereocenters. The van der Waals surface area contributed by atoms with Crippen molar-refractivity contribution < 1.29 is 14.7 Å². The van der Waals surface area contributed by atoms with Crippen molar-refractivity contribution >= 4 is 12.0 Å². The van der Waals surface area contributed by atoms with Crippen LogP contribution in [0.4, 0.5) is 4.79 Å². The molecular formula is C11H23N3O3. The van der Waals surface area contributed by atoms with E-state index < -0.39 is 11.9 Å². The molecule has 0 spiro atoms. The molecule has 0 aliphatic carbocycles. The third-order valence-electron chi connectivity index (χ3n) is 2.15. The number of carbonyl (C=O) groups is 2. The monoisotopic (exact) mass is 245 g/mol. The second-order valence-electron chi connectivity index (χ2n) is 5.23. The van der Waals surface area contributed by atoms with Crippen LogP contribution in [-0.4, -0.2) is 36.7 Å². The molecule has 0 radical (unpaired) electrons. The van der Waals surface area contributed by atoms with E-state index in [9.17, 15) is 9.59 Å². The summed E-state index contributed by atoms with van der Waals surface area (Å²) >= 11 is 0. The summed E-state index contributed by atoms with van der Waals surface area (Å²) in [5.74, 6) is -1.46. The van der Waals surface area contributed by atoms with E-state index in [-0.39, 0.29) is 18.0 Å². The zero-order valence-electron chi connectivity index (χ0n) is 10.7. The van der Waals surface area contributed by atoms with Gasteiger partial charge in [-0.2, -0.15) is 0 Å². The third kappa shape index (κ3) is 8.50. The summed E-state index contributed by atoms with van der Waals surface area (Å²) in [4.78, 5) is 22.2. The van der Waals surface area contributed by atoms with Gasteiger partial charge in [-0.15, -0.1) is 0 Å². The van der Waals surface area contributed by atoms with Crippen molar-refractivity contribution in [3.63, 3.8) is 0 Å². The lowest BCUT2D eigenvalue weighted by molar-refractivity contribution is -0.142. The molecule has 0 heterocycles. The summed E-state index contributed by atoms with van der Waals surface area (Å²) in [6, 6.07) is -0.379. The van der Waals surface area contributed by atoms with Crippen LogP contribution in [0, 0.1) is 11.3 Å². The molecule has 0 saturated heterocycles. The van der Waals surface area contributed by atoms with Gasteiger partial charge in [-0.05, 0) is 11.8 Å². The molecule has 0 aliphatic rings. The number of hydrogen-bond acceptors (Lipinski definition) is 3. The highest BCUT2D eigenvalue weighted by molar-refractivity contribution is 5.75. The highest BCUT2D eigenvalue weighted by Gasteiger charge is 2.24. The lowest BCUT2D eigenvalue weighted by Crippen LogP contribution is -2.42. The Balaban J connectivity index is 4.10. The minimum absolute atomic E-state index is 0.0848. The van der Waals surface area contributed by atoms with Gasteiger partial charge in [-0.1, -0.05) is 20.8 Å². The number of rotatable bonds is 6. The fraction of sp³-hybridized carbons (Fsp3) is 0.818. The third-order valence-corrected chi connectivity index (χ3v) is 2.15. The Labute approximate surface area is 102 Å². The summed E-state index contributed by atoms with van der Waals surface area (Å²) in [6.07, 6.45) is 0.513. The van der Waals surface area contributed by atoms with Gasteiger partial charge >= 0.3 is 12.0 Å². The van der Waals surface area contributed by atoms with Gasteiger partial charge in [-0.3, -0.25) is 4.79 Å². The molecule has 0 fully saturated rings. The molecule has 0 aliphatic heterocycles. The Morgan fingerprint density at radius 3 is 2.29 bits per heavy atom. The number of urea groups is 1. The largest absolute Gasteiger partial charge is 0.481 e. The molecule has 0 saturated carbocycles. The van der Waals surface area contributed by atoms with Crippen LogP contribution in [0.1, 0.15) is 27.2 Å². The molecule has 17 heavy (non-hydrogen) atoms. The van der Waals surface area contributed by atoms with Crippen LogP contribution >= 0.6 is 0 Å². The topological polar surface area (TPSA) is 104 Å². The smallest absolute Gasteiger partial charge is 0.314 e. The first-order valence-electron chi connectivity index (χ1n) is 5.71. The van der Waals surface area contributed by atoms with Gasteiger partial charge in [0.15, 0.2) is 0 Å². The van der Waals surface area contributed by atoms with Gasteiger partial charge < -0.3 is 21.5 Å². The van der Waals surface area contributed by atoms with Crippen molar-refractivity contribution in [1.82, 2.24) is 10.6 Å². The molecule has 0 aromatic rings. The zero-order valence-corrected chi connectivity index (χ0v) is 10.7. The lowest BCUT2D eigenvalue weighted by Gasteiger charge is -2.23. The van der Waals surface area contributed by atoms with Gasteiger partial charge in [0.05, 0.1) is 5.92 Å². The number of aliphatic carboxylic acids is 1. The van der Waals surface area contributed by atoms with E-state index in [1.165, 1.54) is 0 Å². The molecule has 0 aromatic carbocycles. The Hall–Kier alpha value is -1.30. The summed E-state index contributed by atoms with van der Waals surface area (Å²) < 4.78 is 0. The van der Waals surface area contributed by atoms with Crippen LogP contribution in [0.3, 0.4) is 0 Å². The van der Waals surface area contributed by atoms with Crippen molar-refractivity contribution in [2.45, 2.75) is 27.2 Å². The molecule has 0 rings (SSSR count). The van der Waals surface area contributed by atoms with E-state index in [1.54, 1.807) is 0 Å². The van der Waals surface area contributed by atoms with E-state index in [4.69, 9.17) is 10.8 Å². The number of carbonyl (C=O) groups excluding carboxylic acids is 1. The van der Waals surface area contributed by atoms with Gasteiger partial charge in [0.1, 0.15) is 0 Å². The van der Waals surface area contributed by atoms with Crippen molar-refractivity contribution in [2.24, 2.45) is 17.1 Å². The zero-order chi connectivity index (χ0) is 13.5.